The van der Waals surface area contributed by atoms with E-state index in [0.29, 0.717) is 41.8 Å². The SMILES string of the molecule is O=C(O)C[C@H](NC(=O)c1csc(-c2cccc(Cl)c2Cl)n1)c1ccccc1Cl.O=C(O)C[C@H](NC(=O)c1csc(-c2ccccc2)n1)c1ccccc1Cl. The molecule has 276 valence electrons. The third-order valence-electron chi connectivity index (χ3n) is 7.61. The van der Waals surface area contributed by atoms with Crippen molar-refractivity contribution in [2.75, 3.05) is 0 Å². The summed E-state index contributed by atoms with van der Waals surface area (Å²) in [6.45, 7) is 0. The van der Waals surface area contributed by atoms with Crippen molar-refractivity contribution in [2.24, 2.45) is 0 Å². The van der Waals surface area contributed by atoms with Crippen LogP contribution in [0.3, 0.4) is 0 Å². The number of nitrogens with zero attached hydrogens (tertiary/aromatic N) is 2. The van der Waals surface area contributed by atoms with E-state index in [1.54, 1.807) is 77.5 Å². The van der Waals surface area contributed by atoms with Crippen molar-refractivity contribution in [2.45, 2.75) is 24.9 Å². The standard InChI is InChI=1S/C19H13Cl3N2O3S.C19H15ClN2O3S/c20-12-6-2-1-4-10(12)14(8-16(25)26)23-18(27)15-9-28-19(24-15)11-5-3-7-13(21)17(11)22;20-14-9-5-4-8-13(14)15(10-17(23)24)21-18(25)16-11-26-19(22-16)12-6-2-1-3-7-12/h1-7,9,14H,8H2,(H,23,27)(H,25,26);1-9,11,15H,10H2,(H,21,25)(H,23,24)/t14-;15-/m00/s1. The van der Waals surface area contributed by atoms with Crippen LogP contribution in [-0.4, -0.2) is 43.9 Å². The Labute approximate surface area is 337 Å². The summed E-state index contributed by atoms with van der Waals surface area (Å²) in [5.74, 6) is -3.03. The Morgan fingerprint density at radius 3 is 1.52 bits per heavy atom. The first-order valence-electron chi connectivity index (χ1n) is 15.9. The maximum atomic E-state index is 12.7. The first-order chi connectivity index (χ1) is 25.9. The molecule has 0 fully saturated rings. The Kier molecular flexibility index (Phi) is 14.2. The van der Waals surface area contributed by atoms with Crippen molar-refractivity contribution in [3.63, 3.8) is 0 Å². The van der Waals surface area contributed by atoms with Crippen molar-refractivity contribution < 1.29 is 29.4 Å². The number of halogens is 4. The number of nitrogens with one attached hydrogen (secondary N) is 2. The molecule has 0 saturated carbocycles. The van der Waals surface area contributed by atoms with Crippen LogP contribution in [0.15, 0.2) is 108 Å². The maximum Gasteiger partial charge on any atom is 0.305 e. The second-order valence-corrected chi connectivity index (χ2v) is 14.6. The summed E-state index contributed by atoms with van der Waals surface area (Å²) in [5, 5.41) is 29.8. The number of carbonyl (C=O) groups is 4. The molecule has 2 atom stereocenters. The summed E-state index contributed by atoms with van der Waals surface area (Å²) >= 11 is 27.2. The van der Waals surface area contributed by atoms with Gasteiger partial charge in [0.1, 0.15) is 21.4 Å². The lowest BCUT2D eigenvalue weighted by Gasteiger charge is -2.18. The Morgan fingerprint density at radius 1 is 0.574 bits per heavy atom. The van der Waals surface area contributed by atoms with Crippen LogP contribution in [0.25, 0.3) is 21.1 Å². The van der Waals surface area contributed by atoms with Gasteiger partial charge in [-0.25, -0.2) is 9.97 Å². The molecule has 2 aromatic heterocycles. The fourth-order valence-corrected chi connectivity index (χ4v) is 7.69. The van der Waals surface area contributed by atoms with E-state index in [9.17, 15) is 24.3 Å². The predicted molar refractivity (Wildman–Crippen MR) is 213 cm³/mol. The smallest absolute Gasteiger partial charge is 0.305 e. The predicted octanol–water partition coefficient (Wildman–Crippen LogP) is 10.1. The lowest BCUT2D eigenvalue weighted by molar-refractivity contribution is -0.138. The molecule has 2 amide bonds. The average Bonchev–Trinajstić information content (AvgIpc) is 3.85. The van der Waals surface area contributed by atoms with Gasteiger partial charge in [0.05, 0.1) is 35.0 Å². The number of hydrogen-bond acceptors (Lipinski definition) is 8. The normalized spacial score (nSPS) is 11.8. The number of amides is 2. The van der Waals surface area contributed by atoms with Crippen molar-refractivity contribution >= 4 is 92.8 Å². The lowest BCUT2D eigenvalue weighted by Crippen LogP contribution is -2.30. The topological polar surface area (TPSA) is 159 Å². The Bertz CT molecular complexity index is 2280. The maximum absolute atomic E-state index is 12.7. The molecular weight excluding hydrogens is 814 g/mol. The summed E-state index contributed by atoms with van der Waals surface area (Å²) in [4.78, 5) is 56.3. The molecule has 16 heteroatoms. The van der Waals surface area contributed by atoms with Crippen molar-refractivity contribution in [3.8, 4) is 21.1 Å². The molecule has 0 saturated heterocycles. The highest BCUT2D eigenvalue weighted by atomic mass is 35.5. The summed E-state index contributed by atoms with van der Waals surface area (Å²) in [6, 6.07) is 26.8. The zero-order valence-corrected chi connectivity index (χ0v) is 32.4. The van der Waals surface area contributed by atoms with Gasteiger partial charge in [-0.2, -0.15) is 0 Å². The van der Waals surface area contributed by atoms with Gasteiger partial charge in [0.25, 0.3) is 11.8 Å². The minimum absolute atomic E-state index is 0.151. The second-order valence-electron chi connectivity index (χ2n) is 11.3. The molecule has 0 aliphatic heterocycles. The van der Waals surface area contributed by atoms with Gasteiger partial charge in [-0.1, -0.05) is 125 Å². The summed E-state index contributed by atoms with van der Waals surface area (Å²) < 4.78 is 0. The van der Waals surface area contributed by atoms with Crippen LogP contribution >= 0.6 is 69.1 Å². The van der Waals surface area contributed by atoms with E-state index in [2.05, 4.69) is 20.6 Å². The highest BCUT2D eigenvalue weighted by molar-refractivity contribution is 7.13. The highest BCUT2D eigenvalue weighted by Gasteiger charge is 2.24. The number of carboxylic acids is 2. The molecule has 0 aliphatic carbocycles. The molecule has 0 bridgehead atoms. The van der Waals surface area contributed by atoms with Gasteiger partial charge in [-0.15, -0.1) is 22.7 Å². The molecular formula is C38H28Cl4N4O6S2. The number of aromatic nitrogens is 2. The van der Waals surface area contributed by atoms with Crippen LogP contribution in [0, 0.1) is 0 Å². The van der Waals surface area contributed by atoms with Crippen LogP contribution in [0.2, 0.25) is 20.1 Å². The molecule has 6 rings (SSSR count). The van der Waals surface area contributed by atoms with Crippen LogP contribution in [0.5, 0.6) is 0 Å². The third-order valence-corrected chi connectivity index (χ3v) is 10.9. The van der Waals surface area contributed by atoms with Crippen LogP contribution in [0.1, 0.15) is 57.0 Å². The molecule has 0 spiro atoms. The van der Waals surface area contributed by atoms with Gasteiger partial charge in [-0.05, 0) is 29.3 Å². The summed E-state index contributed by atoms with van der Waals surface area (Å²) in [5.41, 5.74) is 3.02. The van der Waals surface area contributed by atoms with E-state index >= 15 is 0 Å². The number of rotatable bonds is 12. The fourth-order valence-electron chi connectivity index (χ4n) is 5.07. The summed E-state index contributed by atoms with van der Waals surface area (Å²) in [7, 11) is 0. The minimum Gasteiger partial charge on any atom is -0.481 e. The lowest BCUT2D eigenvalue weighted by atomic mass is 10.0. The van der Waals surface area contributed by atoms with Gasteiger partial charge in [0.15, 0.2) is 0 Å². The van der Waals surface area contributed by atoms with Gasteiger partial charge in [0, 0.05) is 31.9 Å². The minimum atomic E-state index is -1.06. The molecule has 2 heterocycles. The number of aliphatic carboxylic acids is 2. The van der Waals surface area contributed by atoms with Crippen LogP contribution < -0.4 is 10.6 Å². The van der Waals surface area contributed by atoms with Crippen molar-refractivity contribution in [1.82, 2.24) is 20.6 Å². The molecule has 4 N–H and O–H groups in total. The molecule has 54 heavy (non-hydrogen) atoms. The molecule has 4 aromatic carbocycles. The average molecular weight is 843 g/mol. The van der Waals surface area contributed by atoms with Crippen molar-refractivity contribution in [1.29, 1.82) is 0 Å². The molecule has 0 aliphatic rings. The molecule has 6 aromatic rings. The van der Waals surface area contributed by atoms with E-state index in [-0.39, 0.29) is 24.2 Å². The number of hydrogen-bond donors (Lipinski definition) is 4. The third kappa shape index (κ3) is 10.7. The fraction of sp³-hybridized carbons (Fsp3) is 0.105. The van der Waals surface area contributed by atoms with E-state index in [0.717, 1.165) is 10.6 Å². The van der Waals surface area contributed by atoms with E-state index in [4.69, 9.17) is 51.5 Å². The van der Waals surface area contributed by atoms with Gasteiger partial charge in [0.2, 0.25) is 0 Å². The zero-order chi connectivity index (χ0) is 38.8. The van der Waals surface area contributed by atoms with Crippen LogP contribution in [0.4, 0.5) is 0 Å². The zero-order valence-electron chi connectivity index (χ0n) is 27.7. The van der Waals surface area contributed by atoms with Gasteiger partial charge in [-0.3, -0.25) is 19.2 Å². The Balaban J connectivity index is 0.000000208. The monoisotopic (exact) mass is 840 g/mol. The molecule has 10 nitrogen and oxygen atoms in total. The number of carboxylic acid groups (broad SMARTS) is 2. The number of carbonyl (C=O) groups excluding carboxylic acids is 2. The van der Waals surface area contributed by atoms with Gasteiger partial charge < -0.3 is 20.8 Å². The quantitative estimate of drug-likeness (QED) is 0.0948. The first-order valence-corrected chi connectivity index (χ1v) is 19.1. The Hall–Kier alpha value is -4.82. The van der Waals surface area contributed by atoms with E-state index < -0.39 is 35.8 Å². The summed E-state index contributed by atoms with van der Waals surface area (Å²) in [6.07, 6.45) is -0.586. The van der Waals surface area contributed by atoms with E-state index in [1.807, 2.05) is 30.3 Å². The van der Waals surface area contributed by atoms with E-state index in [1.165, 1.54) is 22.7 Å². The number of benzene rings is 4. The van der Waals surface area contributed by atoms with Gasteiger partial charge >= 0.3 is 11.9 Å². The highest BCUT2D eigenvalue weighted by Crippen LogP contribution is 2.35. The number of thiazole rings is 2. The van der Waals surface area contributed by atoms with Crippen molar-refractivity contribution in [3.05, 3.63) is 150 Å². The molecule has 0 unspecified atom stereocenters. The second kappa shape index (κ2) is 19.0. The largest absolute Gasteiger partial charge is 0.481 e. The van der Waals surface area contributed by atoms with Crippen LogP contribution in [-0.2, 0) is 9.59 Å². The first kappa shape index (κ1) is 40.4. The molecule has 0 radical (unpaired) electrons. The Morgan fingerprint density at radius 2 is 1.02 bits per heavy atom.